The van der Waals surface area contributed by atoms with Crippen molar-refractivity contribution in [2.75, 3.05) is 78.7 Å². The number of carbonyl (C=O) groups excluding carboxylic acids is 3. The summed E-state index contributed by atoms with van der Waals surface area (Å²) in [7, 11) is 0. The molecule has 0 amide bonds. The molecule has 0 heterocycles. The minimum atomic E-state index is -0.721. The van der Waals surface area contributed by atoms with Crippen molar-refractivity contribution in [1.82, 2.24) is 14.7 Å². The Hall–Kier alpha value is -6.99. The normalized spacial score (nSPS) is 11.5. The molecule has 0 atom stereocenters. The van der Waals surface area contributed by atoms with E-state index in [2.05, 4.69) is 56.2 Å². The summed E-state index contributed by atoms with van der Waals surface area (Å²) in [6.07, 6.45) is 3.03. The van der Waals surface area contributed by atoms with Gasteiger partial charge in [-0.15, -0.1) is 0 Å². The van der Waals surface area contributed by atoms with Crippen LogP contribution in [-0.2, 0) is 0 Å². The van der Waals surface area contributed by atoms with Crippen LogP contribution in [0.15, 0.2) is 127 Å². The van der Waals surface area contributed by atoms with Crippen LogP contribution in [0.4, 0.5) is 0 Å². The van der Waals surface area contributed by atoms with E-state index >= 15 is 0 Å². The van der Waals surface area contributed by atoms with Crippen LogP contribution < -0.4 is 28.4 Å². The van der Waals surface area contributed by atoms with E-state index in [0.717, 1.165) is 90.8 Å². The Bertz CT molecular complexity index is 2610. The monoisotopic (exact) mass is 976 g/mol. The average molecular weight is 976 g/mol. The second-order valence-electron chi connectivity index (χ2n) is 17.7. The third-order valence-corrected chi connectivity index (χ3v) is 12.6. The van der Waals surface area contributed by atoms with Gasteiger partial charge in [0.2, 0.25) is 0 Å². The zero-order valence-electron chi connectivity index (χ0n) is 42.7. The number of benzene rings is 7. The molecule has 0 spiro atoms. The van der Waals surface area contributed by atoms with Crippen molar-refractivity contribution in [2.24, 2.45) is 0 Å². The number of esters is 3. The van der Waals surface area contributed by atoms with Crippen LogP contribution in [0.25, 0.3) is 32.3 Å². The second-order valence-corrected chi connectivity index (χ2v) is 17.7. The SMILES string of the molecule is CCCN(CC)CCOc1cc2ccccc2cc1C(=O)Oc1cc(OC(=O)c2cc3ccccc3cc2OCCN(CC)CCC)cc(OC(=O)c2cc3ccccc3cc2OCCN(CC)CCC)c1. The first kappa shape index (κ1) is 52.8. The Morgan fingerprint density at radius 3 is 0.833 bits per heavy atom. The lowest BCUT2D eigenvalue weighted by Crippen LogP contribution is -2.29. The first-order valence-corrected chi connectivity index (χ1v) is 25.6. The smallest absolute Gasteiger partial charge is 0.347 e. The van der Waals surface area contributed by atoms with Gasteiger partial charge in [-0.05, 0) is 127 Å². The first-order chi connectivity index (χ1) is 35.1. The topological polar surface area (TPSA) is 116 Å². The Kier molecular flexibility index (Phi) is 19.4. The molecule has 0 bridgehead atoms. The molecule has 0 aliphatic rings. The van der Waals surface area contributed by atoms with E-state index < -0.39 is 17.9 Å². The van der Waals surface area contributed by atoms with Crippen LogP contribution in [0.1, 0.15) is 91.9 Å². The molecule has 7 rings (SSSR count). The Labute approximate surface area is 424 Å². The standard InChI is InChI=1S/C60H69N3O9/c1-7-25-61(10-4)28-31-67-55-37-46-22-16-13-19-43(46)34-52(55)58(64)70-49-40-50(71-59(65)53-35-44-20-14-17-23-47(44)38-56(53)68-32-29-62(11-5)26-8-2)42-51(41-49)72-60(66)54-36-45-21-15-18-24-48(45)39-57(54)69-33-30-63(12-6)27-9-3/h13-24,34-42H,7-12,25-33H2,1-6H3. The Morgan fingerprint density at radius 1 is 0.347 bits per heavy atom. The predicted octanol–water partition coefficient (Wildman–Crippen LogP) is 12.1. The van der Waals surface area contributed by atoms with Crippen LogP contribution in [0.3, 0.4) is 0 Å². The van der Waals surface area contributed by atoms with E-state index in [1.54, 1.807) is 18.2 Å². The van der Waals surface area contributed by atoms with Gasteiger partial charge in [0.1, 0.15) is 71.0 Å². The largest absolute Gasteiger partial charge is 0.491 e. The fourth-order valence-corrected chi connectivity index (χ4v) is 8.79. The Morgan fingerprint density at radius 2 is 0.597 bits per heavy atom. The molecule has 0 aromatic heterocycles. The third kappa shape index (κ3) is 14.1. The first-order valence-electron chi connectivity index (χ1n) is 25.6. The number of hydrogen-bond donors (Lipinski definition) is 0. The lowest BCUT2D eigenvalue weighted by Gasteiger charge is -2.20. The number of hydrogen-bond acceptors (Lipinski definition) is 12. The molecule has 0 aliphatic carbocycles. The summed E-state index contributed by atoms with van der Waals surface area (Å²) in [5, 5.41) is 5.14. The van der Waals surface area contributed by atoms with Crippen molar-refractivity contribution in [1.29, 1.82) is 0 Å². The predicted molar refractivity (Wildman–Crippen MR) is 287 cm³/mol. The molecule has 72 heavy (non-hydrogen) atoms. The molecule has 0 N–H and O–H groups in total. The number of rotatable bonds is 27. The van der Waals surface area contributed by atoms with Gasteiger partial charge < -0.3 is 43.1 Å². The molecule has 12 nitrogen and oxygen atoms in total. The summed E-state index contributed by atoms with van der Waals surface area (Å²) in [5.74, 6) is -1.19. The minimum Gasteiger partial charge on any atom is -0.491 e. The lowest BCUT2D eigenvalue weighted by molar-refractivity contribution is 0.0726. The number of ether oxygens (including phenoxy) is 6. The number of likely N-dealkylation sites (N-methyl/N-ethyl adjacent to an activating group) is 3. The summed E-state index contributed by atoms with van der Waals surface area (Å²) in [4.78, 5) is 50.2. The van der Waals surface area contributed by atoms with E-state index in [1.165, 1.54) is 18.2 Å². The number of fused-ring (bicyclic) bond motifs is 3. The Balaban J connectivity index is 1.24. The highest BCUT2D eigenvalue weighted by Crippen LogP contribution is 2.35. The molecule has 378 valence electrons. The lowest BCUT2D eigenvalue weighted by atomic mass is 10.1. The van der Waals surface area contributed by atoms with Crippen LogP contribution in [0.2, 0.25) is 0 Å². The molecule has 0 aliphatic heterocycles. The molecular weight excluding hydrogens is 907 g/mol. The molecule has 7 aromatic carbocycles. The summed E-state index contributed by atoms with van der Waals surface area (Å²) in [6.45, 7) is 21.2. The van der Waals surface area contributed by atoms with Gasteiger partial charge in [0, 0.05) is 37.8 Å². The van der Waals surface area contributed by atoms with Gasteiger partial charge in [-0.25, -0.2) is 14.4 Å². The van der Waals surface area contributed by atoms with Gasteiger partial charge in [0.05, 0.1) is 0 Å². The van der Waals surface area contributed by atoms with Crippen molar-refractivity contribution in [3.05, 3.63) is 144 Å². The molecule has 0 unspecified atom stereocenters. The zero-order chi connectivity index (χ0) is 50.8. The third-order valence-electron chi connectivity index (χ3n) is 12.6. The van der Waals surface area contributed by atoms with Crippen LogP contribution in [0.5, 0.6) is 34.5 Å². The van der Waals surface area contributed by atoms with Gasteiger partial charge in [-0.3, -0.25) is 0 Å². The van der Waals surface area contributed by atoms with Gasteiger partial charge >= 0.3 is 17.9 Å². The van der Waals surface area contributed by atoms with Crippen molar-refractivity contribution in [3.8, 4) is 34.5 Å². The second kappa shape index (κ2) is 26.5. The molecule has 0 radical (unpaired) electrons. The van der Waals surface area contributed by atoms with Crippen molar-refractivity contribution in [3.63, 3.8) is 0 Å². The van der Waals surface area contributed by atoms with Crippen molar-refractivity contribution < 1.29 is 42.8 Å². The summed E-state index contributed by atoms with van der Waals surface area (Å²) >= 11 is 0. The summed E-state index contributed by atoms with van der Waals surface area (Å²) < 4.78 is 37.4. The van der Waals surface area contributed by atoms with Gasteiger partial charge in [0.25, 0.3) is 0 Å². The molecule has 0 saturated heterocycles. The van der Waals surface area contributed by atoms with Crippen LogP contribution in [0, 0.1) is 0 Å². The quantitative estimate of drug-likeness (QED) is 0.0361. The fourth-order valence-electron chi connectivity index (χ4n) is 8.79. The molecule has 12 heteroatoms. The highest BCUT2D eigenvalue weighted by Gasteiger charge is 2.24. The van der Waals surface area contributed by atoms with Crippen molar-refractivity contribution in [2.45, 2.75) is 60.8 Å². The van der Waals surface area contributed by atoms with E-state index in [4.69, 9.17) is 28.4 Å². The summed E-state index contributed by atoms with van der Waals surface area (Å²) in [5.41, 5.74) is 0.598. The molecular formula is C60H69N3O9. The molecule has 7 aromatic rings. The van der Waals surface area contributed by atoms with Gasteiger partial charge in [0.15, 0.2) is 0 Å². The molecule has 0 fully saturated rings. The maximum Gasteiger partial charge on any atom is 0.347 e. The van der Waals surface area contributed by atoms with E-state index in [0.29, 0.717) is 56.7 Å². The van der Waals surface area contributed by atoms with E-state index in [-0.39, 0.29) is 33.9 Å². The maximum absolute atomic E-state index is 14.4. The van der Waals surface area contributed by atoms with E-state index in [9.17, 15) is 14.4 Å². The van der Waals surface area contributed by atoms with Crippen LogP contribution >= 0.6 is 0 Å². The average Bonchev–Trinajstić information content (AvgIpc) is 3.39. The van der Waals surface area contributed by atoms with E-state index in [1.807, 2.05) is 91.0 Å². The zero-order valence-corrected chi connectivity index (χ0v) is 42.7. The van der Waals surface area contributed by atoms with Crippen molar-refractivity contribution >= 4 is 50.2 Å². The highest BCUT2D eigenvalue weighted by molar-refractivity contribution is 6.02. The molecule has 0 saturated carbocycles. The highest BCUT2D eigenvalue weighted by atomic mass is 16.6. The van der Waals surface area contributed by atoms with Gasteiger partial charge in [-0.2, -0.15) is 0 Å². The number of nitrogens with zero attached hydrogens (tertiary/aromatic N) is 3. The number of carbonyl (C=O) groups is 3. The maximum atomic E-state index is 14.4. The minimum absolute atomic E-state index is 0.0385. The fraction of sp³-hybridized carbons (Fsp3) is 0.350. The van der Waals surface area contributed by atoms with Crippen LogP contribution in [-0.4, -0.2) is 111 Å². The van der Waals surface area contributed by atoms with Gasteiger partial charge in [-0.1, -0.05) is 114 Å². The summed E-state index contributed by atoms with van der Waals surface area (Å²) in [6, 6.07) is 38.1.